The Morgan fingerprint density at radius 3 is 2.57 bits per heavy atom. The zero-order valence-electron chi connectivity index (χ0n) is 16.6. The van der Waals surface area contributed by atoms with Crippen molar-refractivity contribution in [3.8, 4) is 0 Å². The fraction of sp³-hybridized carbons (Fsp3) is 0.435. The molecule has 2 aliphatic rings. The Labute approximate surface area is 166 Å². The minimum atomic E-state index is -0.671. The molecule has 5 heteroatoms. The standard InChI is InChI=1S/C23H27NO4/c1-16(13-17-9-5-4-6-10-17)21(25)24-19-12-8-7-11-18(19)14-26-22(24)20-15-27-23(2,3)28-20/h4-12,16,20,22H,13-15H2,1-3H3. The molecule has 0 bridgehead atoms. The molecule has 2 aromatic rings. The minimum Gasteiger partial charge on any atom is -0.350 e. The normalized spacial score (nSPS) is 24.6. The molecule has 2 aromatic carbocycles. The van der Waals surface area contributed by atoms with E-state index in [2.05, 4.69) is 12.1 Å². The Morgan fingerprint density at radius 2 is 1.86 bits per heavy atom. The van der Waals surface area contributed by atoms with Crippen molar-refractivity contribution in [2.24, 2.45) is 5.92 Å². The Balaban J connectivity index is 1.62. The predicted molar refractivity (Wildman–Crippen MR) is 107 cm³/mol. The maximum absolute atomic E-state index is 13.5. The highest BCUT2D eigenvalue weighted by Crippen LogP contribution is 2.36. The summed E-state index contributed by atoms with van der Waals surface area (Å²) in [4.78, 5) is 15.3. The third kappa shape index (κ3) is 3.83. The number of hydrogen-bond acceptors (Lipinski definition) is 4. The molecule has 0 aromatic heterocycles. The maximum atomic E-state index is 13.5. The van der Waals surface area contributed by atoms with Crippen LogP contribution in [0.1, 0.15) is 31.9 Å². The number of amides is 1. The lowest BCUT2D eigenvalue weighted by atomic mass is 9.98. The van der Waals surface area contributed by atoms with Gasteiger partial charge in [-0.25, -0.2) is 0 Å². The molecule has 148 valence electrons. The maximum Gasteiger partial charge on any atom is 0.232 e. The van der Waals surface area contributed by atoms with Gasteiger partial charge in [0.15, 0.2) is 12.0 Å². The fourth-order valence-electron chi connectivity index (χ4n) is 3.92. The Bertz CT molecular complexity index is 836. The van der Waals surface area contributed by atoms with E-state index in [9.17, 15) is 4.79 Å². The number of nitrogens with zero attached hydrogens (tertiary/aromatic N) is 1. The predicted octanol–water partition coefficient (Wildman–Crippen LogP) is 3.91. The van der Waals surface area contributed by atoms with Gasteiger partial charge in [0, 0.05) is 11.5 Å². The number of carbonyl (C=O) groups is 1. The second-order valence-corrected chi connectivity index (χ2v) is 8.00. The number of para-hydroxylation sites is 1. The Morgan fingerprint density at radius 1 is 1.14 bits per heavy atom. The van der Waals surface area contributed by atoms with Crippen molar-refractivity contribution in [1.82, 2.24) is 0 Å². The van der Waals surface area contributed by atoms with E-state index in [0.717, 1.165) is 16.8 Å². The van der Waals surface area contributed by atoms with Gasteiger partial charge in [0.25, 0.3) is 0 Å². The number of carbonyl (C=O) groups excluding carboxylic acids is 1. The number of fused-ring (bicyclic) bond motifs is 1. The Hall–Kier alpha value is -2.21. The molecule has 3 unspecified atom stereocenters. The second kappa shape index (κ2) is 7.66. The molecule has 2 heterocycles. The largest absolute Gasteiger partial charge is 0.350 e. The number of hydrogen-bond donors (Lipinski definition) is 0. The first-order valence-corrected chi connectivity index (χ1v) is 9.83. The summed E-state index contributed by atoms with van der Waals surface area (Å²) in [6, 6.07) is 18.0. The Kier molecular flexibility index (Phi) is 5.23. The highest BCUT2D eigenvalue weighted by Gasteiger charge is 2.45. The van der Waals surface area contributed by atoms with Crippen molar-refractivity contribution >= 4 is 11.6 Å². The van der Waals surface area contributed by atoms with Gasteiger partial charge in [0.2, 0.25) is 5.91 Å². The van der Waals surface area contributed by atoms with Gasteiger partial charge in [-0.15, -0.1) is 0 Å². The van der Waals surface area contributed by atoms with Gasteiger partial charge in [0.05, 0.1) is 18.9 Å². The summed E-state index contributed by atoms with van der Waals surface area (Å²) >= 11 is 0. The summed E-state index contributed by atoms with van der Waals surface area (Å²) in [7, 11) is 0. The van der Waals surface area contributed by atoms with Gasteiger partial charge in [-0.1, -0.05) is 55.5 Å². The van der Waals surface area contributed by atoms with Crippen LogP contribution in [0.25, 0.3) is 0 Å². The van der Waals surface area contributed by atoms with Crippen molar-refractivity contribution in [2.45, 2.75) is 51.9 Å². The summed E-state index contributed by atoms with van der Waals surface area (Å²) in [5.74, 6) is -0.820. The molecule has 28 heavy (non-hydrogen) atoms. The molecule has 3 atom stereocenters. The molecule has 0 aliphatic carbocycles. The molecular weight excluding hydrogens is 354 g/mol. The highest BCUT2D eigenvalue weighted by atomic mass is 16.8. The van der Waals surface area contributed by atoms with Gasteiger partial charge in [0.1, 0.15) is 6.10 Å². The monoisotopic (exact) mass is 381 g/mol. The van der Waals surface area contributed by atoms with E-state index in [1.54, 1.807) is 4.90 Å². The van der Waals surface area contributed by atoms with Crippen LogP contribution in [0.15, 0.2) is 54.6 Å². The SMILES string of the molecule is CC(Cc1ccccc1)C(=O)N1c2ccccc2COC1C1COC(C)(C)O1. The molecule has 4 rings (SSSR count). The summed E-state index contributed by atoms with van der Waals surface area (Å²) in [5, 5.41) is 0. The van der Waals surface area contributed by atoms with Crippen LogP contribution < -0.4 is 4.90 Å². The number of benzene rings is 2. The molecule has 0 N–H and O–H groups in total. The first-order chi connectivity index (χ1) is 13.4. The van der Waals surface area contributed by atoms with E-state index >= 15 is 0 Å². The van der Waals surface area contributed by atoms with E-state index < -0.39 is 12.0 Å². The van der Waals surface area contributed by atoms with Crippen molar-refractivity contribution in [1.29, 1.82) is 0 Å². The van der Waals surface area contributed by atoms with Crippen LogP contribution in [-0.2, 0) is 32.0 Å². The summed E-state index contributed by atoms with van der Waals surface area (Å²) in [6.45, 7) is 6.59. The molecule has 5 nitrogen and oxygen atoms in total. The van der Waals surface area contributed by atoms with Crippen LogP contribution in [0.5, 0.6) is 0 Å². The lowest BCUT2D eigenvalue weighted by Gasteiger charge is -2.40. The van der Waals surface area contributed by atoms with Gasteiger partial charge >= 0.3 is 0 Å². The minimum absolute atomic E-state index is 0.0364. The van der Waals surface area contributed by atoms with Crippen LogP contribution in [0.3, 0.4) is 0 Å². The number of anilines is 1. The highest BCUT2D eigenvalue weighted by molar-refractivity contribution is 5.96. The van der Waals surface area contributed by atoms with Gasteiger partial charge in [-0.2, -0.15) is 0 Å². The molecule has 0 radical (unpaired) electrons. The number of rotatable bonds is 4. The molecular formula is C23H27NO4. The average molecular weight is 381 g/mol. The lowest BCUT2D eigenvalue weighted by Crippen LogP contribution is -2.54. The van der Waals surface area contributed by atoms with Crippen LogP contribution in [0.4, 0.5) is 5.69 Å². The van der Waals surface area contributed by atoms with Crippen LogP contribution in [-0.4, -0.2) is 30.6 Å². The van der Waals surface area contributed by atoms with Crippen LogP contribution >= 0.6 is 0 Å². The van der Waals surface area contributed by atoms with Gasteiger partial charge in [-0.3, -0.25) is 9.69 Å². The van der Waals surface area contributed by atoms with E-state index in [0.29, 0.717) is 19.6 Å². The smallest absolute Gasteiger partial charge is 0.232 e. The molecule has 2 aliphatic heterocycles. The van der Waals surface area contributed by atoms with Crippen molar-refractivity contribution in [3.63, 3.8) is 0 Å². The fourth-order valence-corrected chi connectivity index (χ4v) is 3.92. The lowest BCUT2D eigenvalue weighted by molar-refractivity contribution is -0.162. The number of ether oxygens (including phenoxy) is 3. The zero-order chi connectivity index (χ0) is 19.7. The quantitative estimate of drug-likeness (QED) is 0.806. The molecule has 1 fully saturated rings. The first-order valence-electron chi connectivity index (χ1n) is 9.83. The molecule has 1 amide bonds. The van der Waals surface area contributed by atoms with Crippen molar-refractivity contribution < 1.29 is 19.0 Å². The third-order valence-corrected chi connectivity index (χ3v) is 5.31. The van der Waals surface area contributed by atoms with E-state index in [1.807, 2.05) is 63.2 Å². The first kappa shape index (κ1) is 19.1. The summed E-state index contributed by atoms with van der Waals surface area (Å²) in [6.07, 6.45) is -0.142. The van der Waals surface area contributed by atoms with Crippen molar-refractivity contribution in [3.05, 3.63) is 65.7 Å². The van der Waals surface area contributed by atoms with Gasteiger partial charge in [-0.05, 0) is 31.9 Å². The molecule has 1 saturated heterocycles. The topological polar surface area (TPSA) is 48.0 Å². The average Bonchev–Trinajstić information content (AvgIpc) is 3.07. The zero-order valence-corrected chi connectivity index (χ0v) is 16.6. The van der Waals surface area contributed by atoms with E-state index in [4.69, 9.17) is 14.2 Å². The molecule has 0 saturated carbocycles. The van der Waals surface area contributed by atoms with E-state index in [1.165, 1.54) is 0 Å². The van der Waals surface area contributed by atoms with Crippen LogP contribution in [0.2, 0.25) is 0 Å². The van der Waals surface area contributed by atoms with E-state index in [-0.39, 0.29) is 17.9 Å². The second-order valence-electron chi connectivity index (χ2n) is 8.00. The molecule has 0 spiro atoms. The summed E-state index contributed by atoms with van der Waals surface area (Å²) in [5.41, 5.74) is 3.06. The van der Waals surface area contributed by atoms with Crippen LogP contribution in [0, 0.1) is 5.92 Å². The summed E-state index contributed by atoms with van der Waals surface area (Å²) < 4.78 is 17.9. The third-order valence-electron chi connectivity index (χ3n) is 5.31. The van der Waals surface area contributed by atoms with Crippen molar-refractivity contribution in [2.75, 3.05) is 11.5 Å². The van der Waals surface area contributed by atoms with Gasteiger partial charge < -0.3 is 14.2 Å².